The zero-order valence-electron chi connectivity index (χ0n) is 11.2. The SMILES string of the molecule is O=S(=O)(c1ccc(Cl)cc1)N(C1CCOCC1)C1CC1. The fourth-order valence-electron chi connectivity index (χ4n) is 2.69. The van der Waals surface area contributed by atoms with Crippen molar-refractivity contribution in [2.45, 2.75) is 42.7 Å². The number of halogens is 1. The molecule has 0 amide bonds. The summed E-state index contributed by atoms with van der Waals surface area (Å²) < 4.78 is 32.8. The van der Waals surface area contributed by atoms with Gasteiger partial charge < -0.3 is 4.74 Å². The molecule has 1 aromatic rings. The van der Waals surface area contributed by atoms with Gasteiger partial charge in [0.15, 0.2) is 0 Å². The average Bonchev–Trinajstić information content (AvgIpc) is 3.25. The molecule has 0 spiro atoms. The molecular formula is C14H18ClNO3S. The monoisotopic (exact) mass is 315 g/mol. The van der Waals surface area contributed by atoms with E-state index in [9.17, 15) is 8.42 Å². The summed E-state index contributed by atoms with van der Waals surface area (Å²) in [5, 5.41) is 0.549. The van der Waals surface area contributed by atoms with Crippen LogP contribution in [-0.4, -0.2) is 38.0 Å². The molecule has 1 aliphatic heterocycles. The van der Waals surface area contributed by atoms with Crippen molar-refractivity contribution in [1.29, 1.82) is 0 Å². The van der Waals surface area contributed by atoms with Crippen LogP contribution in [0.1, 0.15) is 25.7 Å². The smallest absolute Gasteiger partial charge is 0.243 e. The lowest BCUT2D eigenvalue weighted by Crippen LogP contribution is -2.44. The van der Waals surface area contributed by atoms with Gasteiger partial charge in [0.05, 0.1) is 4.90 Å². The molecule has 0 radical (unpaired) electrons. The van der Waals surface area contributed by atoms with Crippen LogP contribution in [0.2, 0.25) is 5.02 Å². The van der Waals surface area contributed by atoms with Crippen LogP contribution < -0.4 is 0 Å². The molecule has 0 unspecified atom stereocenters. The maximum Gasteiger partial charge on any atom is 0.243 e. The van der Waals surface area contributed by atoms with Crippen LogP contribution in [0.3, 0.4) is 0 Å². The number of rotatable bonds is 4. The van der Waals surface area contributed by atoms with Gasteiger partial charge in [0.2, 0.25) is 10.0 Å². The highest BCUT2D eigenvalue weighted by molar-refractivity contribution is 7.89. The normalized spacial score (nSPS) is 21.3. The Morgan fingerprint density at radius 1 is 1.00 bits per heavy atom. The number of hydrogen-bond donors (Lipinski definition) is 0. The topological polar surface area (TPSA) is 46.6 Å². The third-order valence-corrected chi connectivity index (χ3v) is 6.12. The summed E-state index contributed by atoms with van der Waals surface area (Å²) in [7, 11) is -3.44. The minimum atomic E-state index is -3.44. The minimum Gasteiger partial charge on any atom is -0.381 e. The van der Waals surface area contributed by atoms with E-state index in [1.807, 2.05) is 0 Å². The Morgan fingerprint density at radius 2 is 1.55 bits per heavy atom. The third kappa shape index (κ3) is 2.86. The summed E-state index contributed by atoms with van der Waals surface area (Å²) in [5.74, 6) is 0. The van der Waals surface area contributed by atoms with Crippen LogP contribution in [0.5, 0.6) is 0 Å². The second-order valence-electron chi connectivity index (χ2n) is 5.36. The Bertz CT molecular complexity index is 563. The molecule has 0 N–H and O–H groups in total. The zero-order chi connectivity index (χ0) is 14.2. The molecule has 1 aliphatic carbocycles. The largest absolute Gasteiger partial charge is 0.381 e. The van der Waals surface area contributed by atoms with E-state index in [0.717, 1.165) is 25.7 Å². The molecular weight excluding hydrogens is 298 g/mol. The molecule has 1 aromatic carbocycles. The van der Waals surface area contributed by atoms with Crippen LogP contribution in [0.25, 0.3) is 0 Å². The van der Waals surface area contributed by atoms with Crippen molar-refractivity contribution in [2.75, 3.05) is 13.2 Å². The van der Waals surface area contributed by atoms with Crippen molar-refractivity contribution < 1.29 is 13.2 Å². The highest BCUT2D eigenvalue weighted by atomic mass is 35.5. The zero-order valence-corrected chi connectivity index (χ0v) is 12.7. The van der Waals surface area contributed by atoms with Gasteiger partial charge in [-0.15, -0.1) is 0 Å². The summed E-state index contributed by atoms with van der Waals surface area (Å²) in [5.41, 5.74) is 0. The van der Waals surface area contributed by atoms with Gasteiger partial charge in [0, 0.05) is 30.3 Å². The van der Waals surface area contributed by atoms with Gasteiger partial charge in [0.1, 0.15) is 0 Å². The van der Waals surface area contributed by atoms with Gasteiger partial charge in [-0.3, -0.25) is 0 Å². The Kier molecular flexibility index (Phi) is 4.04. The Hall–Kier alpha value is -0.620. The molecule has 0 aromatic heterocycles. The molecule has 4 nitrogen and oxygen atoms in total. The maximum atomic E-state index is 12.9. The van der Waals surface area contributed by atoms with E-state index < -0.39 is 10.0 Å². The van der Waals surface area contributed by atoms with E-state index in [0.29, 0.717) is 23.1 Å². The number of hydrogen-bond acceptors (Lipinski definition) is 3. The van der Waals surface area contributed by atoms with Crippen molar-refractivity contribution >= 4 is 21.6 Å². The predicted molar refractivity (Wildman–Crippen MR) is 77.3 cm³/mol. The van der Waals surface area contributed by atoms with Gasteiger partial charge >= 0.3 is 0 Å². The summed E-state index contributed by atoms with van der Waals surface area (Å²) >= 11 is 5.84. The fourth-order valence-corrected chi connectivity index (χ4v) is 4.74. The first kappa shape index (κ1) is 14.3. The average molecular weight is 316 g/mol. The maximum absolute atomic E-state index is 12.9. The first-order chi connectivity index (χ1) is 9.59. The second kappa shape index (κ2) is 5.64. The van der Waals surface area contributed by atoms with Crippen LogP contribution in [-0.2, 0) is 14.8 Å². The standard InChI is InChI=1S/C14H18ClNO3S/c15-11-1-5-14(6-2-11)20(17,18)16(12-3-4-12)13-7-9-19-10-8-13/h1-2,5-6,12-13H,3-4,7-10H2. The van der Waals surface area contributed by atoms with Crippen molar-refractivity contribution in [3.8, 4) is 0 Å². The van der Waals surface area contributed by atoms with Gasteiger partial charge in [-0.1, -0.05) is 11.6 Å². The molecule has 1 saturated heterocycles. The molecule has 2 aliphatic rings. The Labute approximate surface area is 124 Å². The molecule has 3 rings (SSSR count). The van der Waals surface area contributed by atoms with E-state index in [-0.39, 0.29) is 12.1 Å². The number of benzene rings is 1. The lowest BCUT2D eigenvalue weighted by molar-refractivity contribution is 0.0569. The molecule has 2 fully saturated rings. The molecule has 110 valence electrons. The van der Waals surface area contributed by atoms with E-state index in [1.165, 1.54) is 0 Å². The van der Waals surface area contributed by atoms with Gasteiger partial charge in [0.25, 0.3) is 0 Å². The molecule has 1 saturated carbocycles. The Morgan fingerprint density at radius 3 is 2.10 bits per heavy atom. The highest BCUT2D eigenvalue weighted by Gasteiger charge is 2.42. The van der Waals surface area contributed by atoms with Crippen LogP contribution in [0, 0.1) is 0 Å². The summed E-state index contributed by atoms with van der Waals surface area (Å²) in [6, 6.07) is 6.67. The molecule has 6 heteroatoms. The number of ether oxygens (including phenoxy) is 1. The van der Waals surface area contributed by atoms with Crippen LogP contribution >= 0.6 is 11.6 Å². The summed E-state index contributed by atoms with van der Waals surface area (Å²) in [4.78, 5) is 0.334. The second-order valence-corrected chi connectivity index (χ2v) is 7.64. The van der Waals surface area contributed by atoms with Gasteiger partial charge in [-0.25, -0.2) is 8.42 Å². The first-order valence-corrected chi connectivity index (χ1v) is 8.78. The van der Waals surface area contributed by atoms with E-state index >= 15 is 0 Å². The number of nitrogens with zero attached hydrogens (tertiary/aromatic N) is 1. The molecule has 20 heavy (non-hydrogen) atoms. The number of sulfonamides is 1. The van der Waals surface area contributed by atoms with Crippen LogP contribution in [0.4, 0.5) is 0 Å². The molecule has 1 heterocycles. The van der Waals surface area contributed by atoms with E-state index in [4.69, 9.17) is 16.3 Å². The van der Waals surface area contributed by atoms with Crippen molar-refractivity contribution in [3.63, 3.8) is 0 Å². The van der Waals surface area contributed by atoms with E-state index in [2.05, 4.69) is 0 Å². The van der Waals surface area contributed by atoms with Gasteiger partial charge in [-0.05, 0) is 49.9 Å². The van der Waals surface area contributed by atoms with Crippen molar-refractivity contribution in [3.05, 3.63) is 29.3 Å². The minimum absolute atomic E-state index is 0.0666. The Balaban J connectivity index is 1.91. The predicted octanol–water partition coefficient (Wildman–Crippen LogP) is 2.67. The summed E-state index contributed by atoms with van der Waals surface area (Å²) in [6.07, 6.45) is 3.49. The van der Waals surface area contributed by atoms with Crippen molar-refractivity contribution in [1.82, 2.24) is 4.31 Å². The fraction of sp³-hybridized carbons (Fsp3) is 0.571. The van der Waals surface area contributed by atoms with Crippen molar-refractivity contribution in [2.24, 2.45) is 0 Å². The molecule has 0 bridgehead atoms. The highest BCUT2D eigenvalue weighted by Crippen LogP contribution is 2.36. The first-order valence-electron chi connectivity index (χ1n) is 6.96. The third-order valence-electron chi connectivity index (χ3n) is 3.85. The molecule has 0 atom stereocenters. The summed E-state index contributed by atoms with van der Waals surface area (Å²) in [6.45, 7) is 1.29. The lowest BCUT2D eigenvalue weighted by Gasteiger charge is -2.33. The van der Waals surface area contributed by atoms with Gasteiger partial charge in [-0.2, -0.15) is 4.31 Å². The van der Waals surface area contributed by atoms with Crippen LogP contribution in [0.15, 0.2) is 29.2 Å². The quantitative estimate of drug-likeness (QED) is 0.858. The van der Waals surface area contributed by atoms with E-state index in [1.54, 1.807) is 28.6 Å². The lowest BCUT2D eigenvalue weighted by atomic mass is 10.1.